The van der Waals surface area contributed by atoms with E-state index in [1.165, 1.54) is 12.1 Å². The maximum Gasteiger partial charge on any atom is 0.260 e. The third-order valence-corrected chi connectivity index (χ3v) is 5.47. The largest absolute Gasteiger partial charge is 0.484 e. The summed E-state index contributed by atoms with van der Waals surface area (Å²) in [6.07, 6.45) is 0. The normalized spacial score (nSPS) is 16.2. The molecule has 0 spiro atoms. The van der Waals surface area contributed by atoms with E-state index >= 15 is 0 Å². The van der Waals surface area contributed by atoms with Gasteiger partial charge in [-0.3, -0.25) is 4.79 Å². The average Bonchev–Trinajstić information content (AvgIpc) is 2.59. The Balaban J connectivity index is 1.87. The van der Waals surface area contributed by atoms with Crippen molar-refractivity contribution < 1.29 is 17.9 Å². The number of sulfonamides is 1. The van der Waals surface area contributed by atoms with E-state index in [1.54, 1.807) is 17.0 Å². The van der Waals surface area contributed by atoms with Crippen molar-refractivity contribution in [3.8, 4) is 5.75 Å². The van der Waals surface area contributed by atoms with E-state index in [0.717, 1.165) is 13.1 Å². The maximum atomic E-state index is 12.1. The molecule has 0 atom stereocenters. The molecule has 1 saturated heterocycles. The molecule has 25 heavy (non-hydrogen) atoms. The number of rotatable bonds is 7. The summed E-state index contributed by atoms with van der Waals surface area (Å²) in [6.45, 7) is 7.37. The number of likely N-dealkylation sites (N-methyl/N-ethyl adjacent to an activating group) is 1. The molecule has 7 nitrogen and oxygen atoms in total. The van der Waals surface area contributed by atoms with Crippen LogP contribution in [-0.4, -0.2) is 70.5 Å². The van der Waals surface area contributed by atoms with Crippen LogP contribution in [0.3, 0.4) is 0 Å². The zero-order chi connectivity index (χ0) is 18.4. The van der Waals surface area contributed by atoms with E-state index < -0.39 is 10.0 Å². The summed E-state index contributed by atoms with van der Waals surface area (Å²) in [4.78, 5) is 16.3. The number of nitrogens with zero attached hydrogens (tertiary/aromatic N) is 2. The van der Waals surface area contributed by atoms with Crippen LogP contribution >= 0.6 is 0 Å². The van der Waals surface area contributed by atoms with Crippen LogP contribution in [0.2, 0.25) is 0 Å². The van der Waals surface area contributed by atoms with Crippen molar-refractivity contribution >= 4 is 15.9 Å². The molecule has 1 amide bonds. The molecule has 1 aliphatic heterocycles. The third kappa shape index (κ3) is 5.98. The molecule has 0 aliphatic carbocycles. The molecule has 1 aliphatic rings. The van der Waals surface area contributed by atoms with Crippen LogP contribution in [-0.2, 0) is 14.8 Å². The summed E-state index contributed by atoms with van der Waals surface area (Å²) < 4.78 is 32.3. The minimum Gasteiger partial charge on any atom is -0.484 e. The van der Waals surface area contributed by atoms with Gasteiger partial charge in [-0.1, -0.05) is 13.8 Å². The number of ether oxygens (including phenoxy) is 1. The summed E-state index contributed by atoms with van der Waals surface area (Å²) in [6, 6.07) is 6.11. The predicted molar refractivity (Wildman–Crippen MR) is 96.0 cm³/mol. The molecule has 8 heteroatoms. The number of carbonyl (C=O) groups is 1. The van der Waals surface area contributed by atoms with Crippen molar-refractivity contribution in [1.82, 2.24) is 14.5 Å². The van der Waals surface area contributed by atoms with Gasteiger partial charge in [0.05, 0.1) is 4.90 Å². The Kier molecular flexibility index (Phi) is 6.80. The monoisotopic (exact) mass is 369 g/mol. The van der Waals surface area contributed by atoms with Crippen molar-refractivity contribution in [2.45, 2.75) is 18.7 Å². The molecule has 0 unspecified atom stereocenters. The molecule has 2 rings (SSSR count). The van der Waals surface area contributed by atoms with Crippen LogP contribution in [0.4, 0.5) is 0 Å². The molecule has 1 heterocycles. The topological polar surface area (TPSA) is 78.9 Å². The van der Waals surface area contributed by atoms with Crippen LogP contribution in [0.1, 0.15) is 13.8 Å². The molecule has 1 fully saturated rings. The summed E-state index contributed by atoms with van der Waals surface area (Å²) in [7, 11) is -1.48. The highest BCUT2D eigenvalue weighted by Crippen LogP contribution is 2.16. The number of hydrogen-bond donors (Lipinski definition) is 1. The van der Waals surface area contributed by atoms with Crippen LogP contribution in [0.5, 0.6) is 5.75 Å². The van der Waals surface area contributed by atoms with Gasteiger partial charge in [0.25, 0.3) is 5.91 Å². The first-order chi connectivity index (χ1) is 11.8. The molecule has 1 aromatic carbocycles. The zero-order valence-corrected chi connectivity index (χ0v) is 15.9. The minimum absolute atomic E-state index is 0.0403. The van der Waals surface area contributed by atoms with Crippen LogP contribution < -0.4 is 9.46 Å². The Hall–Kier alpha value is -1.64. The van der Waals surface area contributed by atoms with Gasteiger partial charge in [0.15, 0.2) is 6.61 Å². The van der Waals surface area contributed by atoms with Gasteiger partial charge >= 0.3 is 0 Å². The quantitative estimate of drug-likeness (QED) is 0.768. The lowest BCUT2D eigenvalue weighted by atomic mass is 10.2. The lowest BCUT2D eigenvalue weighted by Gasteiger charge is -2.32. The standard InChI is InChI=1S/C17H27N3O4S/c1-14(2)12-18-25(22,23)16-6-4-15(5-7-16)24-13-17(21)20-10-8-19(3)9-11-20/h4-7,14,18H,8-13H2,1-3H3. The van der Waals surface area contributed by atoms with Crippen LogP contribution in [0, 0.1) is 5.92 Å². The molecule has 1 aromatic rings. The lowest BCUT2D eigenvalue weighted by Crippen LogP contribution is -2.48. The van der Waals surface area contributed by atoms with Crippen molar-refractivity contribution in [2.24, 2.45) is 5.92 Å². The summed E-state index contributed by atoms with van der Waals surface area (Å²) in [5.74, 6) is 0.659. The van der Waals surface area contributed by atoms with E-state index in [1.807, 2.05) is 20.9 Å². The van der Waals surface area contributed by atoms with E-state index in [9.17, 15) is 13.2 Å². The summed E-state index contributed by atoms with van der Waals surface area (Å²) >= 11 is 0. The third-order valence-electron chi connectivity index (χ3n) is 4.03. The fourth-order valence-corrected chi connectivity index (χ4v) is 3.58. The maximum absolute atomic E-state index is 12.1. The molecule has 0 saturated carbocycles. The van der Waals surface area contributed by atoms with E-state index in [0.29, 0.717) is 25.4 Å². The molecule has 140 valence electrons. The molecular weight excluding hydrogens is 342 g/mol. The van der Waals surface area contributed by atoms with E-state index in [-0.39, 0.29) is 23.3 Å². The Bertz CT molecular complexity index is 666. The highest BCUT2D eigenvalue weighted by Gasteiger charge is 2.19. The lowest BCUT2D eigenvalue weighted by molar-refractivity contribution is -0.134. The van der Waals surface area contributed by atoms with Crippen molar-refractivity contribution in [3.63, 3.8) is 0 Å². The van der Waals surface area contributed by atoms with Crippen LogP contribution in [0.25, 0.3) is 0 Å². The number of nitrogens with one attached hydrogen (secondary N) is 1. The number of piperazine rings is 1. The van der Waals surface area contributed by atoms with Crippen molar-refractivity contribution in [3.05, 3.63) is 24.3 Å². The van der Waals surface area contributed by atoms with Gasteiger partial charge in [-0.2, -0.15) is 0 Å². The Morgan fingerprint density at radius 3 is 2.32 bits per heavy atom. The zero-order valence-electron chi connectivity index (χ0n) is 15.1. The highest BCUT2D eigenvalue weighted by molar-refractivity contribution is 7.89. The fourth-order valence-electron chi connectivity index (χ4n) is 2.37. The van der Waals surface area contributed by atoms with Gasteiger partial charge in [0, 0.05) is 32.7 Å². The number of hydrogen-bond acceptors (Lipinski definition) is 5. The van der Waals surface area contributed by atoms with Gasteiger partial charge in [-0.05, 0) is 37.2 Å². The summed E-state index contributed by atoms with van der Waals surface area (Å²) in [5.41, 5.74) is 0. The molecule has 0 bridgehead atoms. The molecular formula is C17H27N3O4S. The highest BCUT2D eigenvalue weighted by atomic mass is 32.2. The average molecular weight is 369 g/mol. The number of carbonyl (C=O) groups excluding carboxylic acids is 1. The van der Waals surface area contributed by atoms with E-state index in [4.69, 9.17) is 4.74 Å². The van der Waals surface area contributed by atoms with Gasteiger partial charge in [-0.15, -0.1) is 0 Å². The first-order valence-electron chi connectivity index (χ1n) is 8.47. The second-order valence-electron chi connectivity index (χ2n) is 6.69. The Labute approximate surface area is 150 Å². The number of benzene rings is 1. The minimum atomic E-state index is -3.51. The van der Waals surface area contributed by atoms with Gasteiger partial charge in [-0.25, -0.2) is 13.1 Å². The van der Waals surface area contributed by atoms with Gasteiger partial charge in [0.1, 0.15) is 5.75 Å². The molecule has 0 radical (unpaired) electrons. The number of amides is 1. The van der Waals surface area contributed by atoms with E-state index in [2.05, 4.69) is 9.62 Å². The fraction of sp³-hybridized carbons (Fsp3) is 0.588. The second-order valence-corrected chi connectivity index (χ2v) is 8.46. The predicted octanol–water partition coefficient (Wildman–Crippen LogP) is 0.774. The SMILES string of the molecule is CC(C)CNS(=O)(=O)c1ccc(OCC(=O)N2CCN(C)CC2)cc1. The van der Waals surface area contributed by atoms with Crippen LogP contribution in [0.15, 0.2) is 29.2 Å². The van der Waals surface area contributed by atoms with Crippen molar-refractivity contribution in [2.75, 3.05) is 46.4 Å². The second kappa shape index (κ2) is 8.64. The molecule has 1 N–H and O–H groups in total. The van der Waals surface area contributed by atoms with Crippen molar-refractivity contribution in [1.29, 1.82) is 0 Å². The first-order valence-corrected chi connectivity index (χ1v) is 9.95. The Morgan fingerprint density at radius 2 is 1.76 bits per heavy atom. The Morgan fingerprint density at radius 1 is 1.16 bits per heavy atom. The first kappa shape index (κ1) is 19.7. The van der Waals surface area contributed by atoms with Gasteiger partial charge < -0.3 is 14.5 Å². The summed E-state index contributed by atoms with van der Waals surface area (Å²) in [5, 5.41) is 0. The van der Waals surface area contributed by atoms with Gasteiger partial charge in [0.2, 0.25) is 10.0 Å². The smallest absolute Gasteiger partial charge is 0.260 e. The molecule has 0 aromatic heterocycles.